The number of likely N-dealkylation sites (tertiary alicyclic amines) is 1. The molecular formula is C27H34FN3O2. The third kappa shape index (κ3) is 6.87. The normalized spacial score (nSPS) is 18.3. The molecular weight excluding hydrogens is 417 g/mol. The molecule has 1 saturated heterocycles. The highest BCUT2D eigenvalue weighted by molar-refractivity contribution is 5.80. The Morgan fingerprint density at radius 3 is 2.42 bits per heavy atom. The molecule has 6 heteroatoms. The summed E-state index contributed by atoms with van der Waals surface area (Å²) in [5.41, 5.74) is 1.85. The van der Waals surface area contributed by atoms with Gasteiger partial charge in [-0.2, -0.15) is 0 Å². The van der Waals surface area contributed by atoms with Crippen LogP contribution in [0.1, 0.15) is 55.7 Å². The molecule has 4 rings (SSSR count). The van der Waals surface area contributed by atoms with E-state index in [1.54, 1.807) is 6.07 Å². The fraction of sp³-hybridized carbons (Fsp3) is 0.481. The Bertz CT molecular complexity index is 924. The zero-order valence-corrected chi connectivity index (χ0v) is 19.1. The molecule has 5 nitrogen and oxygen atoms in total. The molecule has 2 aromatic carbocycles. The number of carbonyl (C=O) groups excluding carboxylic acids is 2. The minimum absolute atomic E-state index is 0.0736. The second-order valence-electron chi connectivity index (χ2n) is 9.38. The molecule has 33 heavy (non-hydrogen) atoms. The van der Waals surface area contributed by atoms with E-state index in [1.165, 1.54) is 12.1 Å². The van der Waals surface area contributed by atoms with Crippen molar-refractivity contribution in [1.82, 2.24) is 15.5 Å². The summed E-state index contributed by atoms with van der Waals surface area (Å²) in [6.07, 6.45) is 6.00. The predicted molar refractivity (Wildman–Crippen MR) is 127 cm³/mol. The third-order valence-corrected chi connectivity index (χ3v) is 6.94. The maximum Gasteiger partial charge on any atom is 0.224 e. The average Bonchev–Trinajstić information content (AvgIpc) is 2.77. The van der Waals surface area contributed by atoms with E-state index in [1.807, 2.05) is 36.4 Å². The van der Waals surface area contributed by atoms with Gasteiger partial charge in [0.2, 0.25) is 11.8 Å². The number of halogens is 1. The zero-order chi connectivity index (χ0) is 23.0. The van der Waals surface area contributed by atoms with Gasteiger partial charge in [0.05, 0.1) is 12.5 Å². The lowest BCUT2D eigenvalue weighted by Crippen LogP contribution is -2.46. The van der Waals surface area contributed by atoms with Gasteiger partial charge >= 0.3 is 0 Å². The van der Waals surface area contributed by atoms with Crippen LogP contribution >= 0.6 is 0 Å². The van der Waals surface area contributed by atoms with Gasteiger partial charge in [-0.05, 0) is 55.4 Å². The van der Waals surface area contributed by atoms with E-state index < -0.39 is 0 Å². The number of nitrogens with one attached hydrogen (secondary N) is 2. The van der Waals surface area contributed by atoms with Crippen molar-refractivity contribution in [3.63, 3.8) is 0 Å². The zero-order valence-electron chi connectivity index (χ0n) is 19.1. The average molecular weight is 452 g/mol. The van der Waals surface area contributed by atoms with Crippen LogP contribution in [0.4, 0.5) is 4.39 Å². The topological polar surface area (TPSA) is 61.4 Å². The summed E-state index contributed by atoms with van der Waals surface area (Å²) in [6, 6.07) is 16.4. The summed E-state index contributed by atoms with van der Waals surface area (Å²) in [7, 11) is 0. The van der Waals surface area contributed by atoms with Crippen LogP contribution in [0.25, 0.3) is 0 Å². The van der Waals surface area contributed by atoms with Gasteiger partial charge in [0, 0.05) is 31.6 Å². The highest BCUT2D eigenvalue weighted by Gasteiger charge is 2.28. The van der Waals surface area contributed by atoms with Crippen molar-refractivity contribution in [3.05, 3.63) is 71.5 Å². The summed E-state index contributed by atoms with van der Waals surface area (Å²) in [5, 5.41) is 6.34. The van der Waals surface area contributed by atoms with Crippen molar-refractivity contribution >= 4 is 11.8 Å². The van der Waals surface area contributed by atoms with E-state index >= 15 is 0 Å². The molecule has 1 aliphatic heterocycles. The highest BCUT2D eigenvalue weighted by atomic mass is 19.1. The Kier molecular flexibility index (Phi) is 8.10. The van der Waals surface area contributed by atoms with Crippen LogP contribution in [-0.2, 0) is 16.0 Å². The number of carbonyl (C=O) groups is 2. The first-order valence-electron chi connectivity index (χ1n) is 12.2. The minimum Gasteiger partial charge on any atom is -0.353 e. The first-order valence-corrected chi connectivity index (χ1v) is 12.2. The lowest BCUT2D eigenvalue weighted by molar-refractivity contribution is -0.128. The molecule has 2 aliphatic rings. The van der Waals surface area contributed by atoms with Crippen LogP contribution in [0.15, 0.2) is 54.6 Å². The van der Waals surface area contributed by atoms with Crippen LogP contribution in [0.3, 0.4) is 0 Å². The third-order valence-electron chi connectivity index (χ3n) is 6.94. The van der Waals surface area contributed by atoms with E-state index in [0.29, 0.717) is 6.42 Å². The van der Waals surface area contributed by atoms with Crippen molar-refractivity contribution in [1.29, 1.82) is 0 Å². The van der Waals surface area contributed by atoms with Crippen LogP contribution in [0.2, 0.25) is 0 Å². The van der Waals surface area contributed by atoms with Crippen molar-refractivity contribution in [2.45, 2.75) is 57.0 Å². The fourth-order valence-electron chi connectivity index (χ4n) is 4.68. The first kappa shape index (κ1) is 23.4. The second kappa shape index (κ2) is 11.4. The lowest BCUT2D eigenvalue weighted by Gasteiger charge is -2.34. The molecule has 0 bridgehead atoms. The summed E-state index contributed by atoms with van der Waals surface area (Å²) in [4.78, 5) is 27.3. The number of hydrogen-bond donors (Lipinski definition) is 2. The SMILES string of the molecule is O=C(Cc1ccccc1)NC1CCN(CCC(NC(=O)C2CCC2)c2cccc(F)c2)CC1. The molecule has 1 unspecified atom stereocenters. The molecule has 1 atom stereocenters. The second-order valence-corrected chi connectivity index (χ2v) is 9.38. The van der Waals surface area contributed by atoms with Crippen LogP contribution in [0, 0.1) is 11.7 Å². The summed E-state index contributed by atoms with van der Waals surface area (Å²) in [5.74, 6) is -0.00127. The van der Waals surface area contributed by atoms with Gasteiger partial charge in [-0.1, -0.05) is 48.9 Å². The van der Waals surface area contributed by atoms with Gasteiger partial charge in [0.15, 0.2) is 0 Å². The molecule has 2 amide bonds. The Balaban J connectivity index is 1.24. The van der Waals surface area contributed by atoms with E-state index in [-0.39, 0.29) is 35.6 Å². The van der Waals surface area contributed by atoms with Gasteiger partial charge in [-0.3, -0.25) is 9.59 Å². The number of rotatable bonds is 9. The largest absolute Gasteiger partial charge is 0.353 e. The number of benzene rings is 2. The van der Waals surface area contributed by atoms with Gasteiger partial charge < -0.3 is 15.5 Å². The minimum atomic E-state index is -0.276. The van der Waals surface area contributed by atoms with Crippen LogP contribution in [0.5, 0.6) is 0 Å². The van der Waals surface area contributed by atoms with Crippen molar-refractivity contribution in [3.8, 4) is 0 Å². The van der Waals surface area contributed by atoms with Gasteiger partial charge in [-0.15, -0.1) is 0 Å². The van der Waals surface area contributed by atoms with E-state index in [9.17, 15) is 14.0 Å². The van der Waals surface area contributed by atoms with Crippen molar-refractivity contribution in [2.75, 3.05) is 19.6 Å². The molecule has 2 aromatic rings. The van der Waals surface area contributed by atoms with E-state index in [0.717, 1.165) is 69.3 Å². The molecule has 0 radical (unpaired) electrons. The maximum absolute atomic E-state index is 13.8. The Morgan fingerprint density at radius 1 is 1.00 bits per heavy atom. The first-order chi connectivity index (χ1) is 16.1. The quantitative estimate of drug-likeness (QED) is 0.606. The molecule has 2 N–H and O–H groups in total. The van der Waals surface area contributed by atoms with E-state index in [4.69, 9.17) is 0 Å². The number of piperidine rings is 1. The smallest absolute Gasteiger partial charge is 0.224 e. The van der Waals surface area contributed by atoms with E-state index in [2.05, 4.69) is 15.5 Å². The van der Waals surface area contributed by atoms with Crippen molar-refractivity contribution < 1.29 is 14.0 Å². The summed E-state index contributed by atoms with van der Waals surface area (Å²) in [6.45, 7) is 2.64. The molecule has 1 heterocycles. The highest BCUT2D eigenvalue weighted by Crippen LogP contribution is 2.28. The Morgan fingerprint density at radius 2 is 1.76 bits per heavy atom. The molecule has 0 spiro atoms. The van der Waals surface area contributed by atoms with Gasteiger partial charge in [-0.25, -0.2) is 4.39 Å². The van der Waals surface area contributed by atoms with Crippen molar-refractivity contribution in [2.24, 2.45) is 5.92 Å². The summed E-state index contributed by atoms with van der Waals surface area (Å²) < 4.78 is 13.8. The van der Waals surface area contributed by atoms with Crippen LogP contribution in [-0.4, -0.2) is 42.4 Å². The lowest BCUT2D eigenvalue weighted by atomic mass is 9.84. The molecule has 1 saturated carbocycles. The standard InChI is InChI=1S/C27H34FN3O2/c28-23-11-5-10-22(19-23)25(30-27(33)21-8-4-9-21)14-17-31-15-12-24(13-16-31)29-26(32)18-20-6-2-1-3-7-20/h1-3,5-7,10-11,19,21,24-25H,4,8-9,12-18H2,(H,29,32)(H,30,33). The Labute approximate surface area is 195 Å². The number of nitrogens with zero attached hydrogens (tertiary/aromatic N) is 1. The number of hydrogen-bond acceptors (Lipinski definition) is 3. The fourth-order valence-corrected chi connectivity index (χ4v) is 4.68. The predicted octanol–water partition coefficient (Wildman–Crippen LogP) is 4.00. The molecule has 1 aliphatic carbocycles. The van der Waals surface area contributed by atoms with Gasteiger partial charge in [0.25, 0.3) is 0 Å². The molecule has 2 fully saturated rings. The maximum atomic E-state index is 13.8. The number of amides is 2. The van der Waals surface area contributed by atoms with Gasteiger partial charge in [0.1, 0.15) is 5.82 Å². The molecule has 0 aromatic heterocycles. The monoisotopic (exact) mass is 451 g/mol. The Hall–Kier alpha value is -2.73. The molecule has 176 valence electrons. The van der Waals surface area contributed by atoms with Crippen LogP contribution < -0.4 is 10.6 Å². The summed E-state index contributed by atoms with van der Waals surface area (Å²) >= 11 is 0.